The maximum Gasteiger partial charge on any atom is 0.311 e. The maximum atomic E-state index is 13.1. The van der Waals surface area contributed by atoms with Crippen molar-refractivity contribution >= 4 is 17.6 Å². The fourth-order valence-electron chi connectivity index (χ4n) is 2.21. The Kier molecular flexibility index (Phi) is 3.10. The van der Waals surface area contributed by atoms with E-state index in [0.717, 1.165) is 0 Å². The molecule has 92 valence electrons. The molecule has 0 aliphatic heterocycles. The highest BCUT2D eigenvalue weighted by molar-refractivity contribution is 6.30. The van der Waals surface area contributed by atoms with E-state index in [1.807, 2.05) is 0 Å². The van der Waals surface area contributed by atoms with Gasteiger partial charge in [-0.25, -0.2) is 4.39 Å². The molecule has 0 heterocycles. The quantitative estimate of drug-likeness (QED) is 0.872. The first-order valence-corrected chi connectivity index (χ1v) is 5.74. The number of hydrogen-bond acceptors (Lipinski definition) is 2. The van der Waals surface area contributed by atoms with Gasteiger partial charge in [0.1, 0.15) is 5.82 Å². The average Bonchev–Trinajstić information content (AvgIpc) is 3.06. The third-order valence-corrected chi connectivity index (χ3v) is 3.62. The number of nitrogens with one attached hydrogen (secondary N) is 1. The molecule has 1 atom stereocenters. The summed E-state index contributed by atoms with van der Waals surface area (Å²) in [6.07, 6.45) is 1.26. The Hall–Kier alpha value is -1.13. The van der Waals surface area contributed by atoms with Crippen LogP contribution in [0.4, 0.5) is 4.39 Å². The normalized spacial score (nSPS) is 18.8. The van der Waals surface area contributed by atoms with Crippen LogP contribution in [0.1, 0.15) is 24.4 Å². The van der Waals surface area contributed by atoms with Gasteiger partial charge in [0.25, 0.3) is 0 Å². The molecule has 1 aromatic carbocycles. The standard InChI is InChI=1S/C12H13ClFNO2/c1-15-10(12(4-5-12)11(16)17)7-2-3-9(14)8(13)6-7/h2-3,6,10,15H,4-5H2,1H3,(H,16,17). The molecule has 5 heteroatoms. The summed E-state index contributed by atoms with van der Waals surface area (Å²) >= 11 is 5.71. The van der Waals surface area contributed by atoms with Crippen molar-refractivity contribution < 1.29 is 14.3 Å². The monoisotopic (exact) mass is 257 g/mol. The summed E-state index contributed by atoms with van der Waals surface area (Å²) in [7, 11) is 1.70. The first kappa shape index (κ1) is 12.3. The van der Waals surface area contributed by atoms with Gasteiger partial charge in [0.2, 0.25) is 0 Å². The lowest BCUT2D eigenvalue weighted by atomic mass is 9.90. The van der Waals surface area contributed by atoms with Crippen molar-refractivity contribution in [1.29, 1.82) is 0 Å². The SMILES string of the molecule is CNC(c1ccc(F)c(Cl)c1)C1(C(=O)O)CC1. The second kappa shape index (κ2) is 4.27. The molecule has 0 spiro atoms. The number of hydrogen-bond donors (Lipinski definition) is 2. The van der Waals surface area contributed by atoms with Crippen LogP contribution in [-0.2, 0) is 4.79 Å². The average molecular weight is 258 g/mol. The van der Waals surface area contributed by atoms with Gasteiger partial charge in [-0.1, -0.05) is 17.7 Å². The van der Waals surface area contributed by atoms with Gasteiger partial charge >= 0.3 is 5.97 Å². The Morgan fingerprint density at radius 1 is 1.59 bits per heavy atom. The minimum absolute atomic E-state index is 0.0175. The van der Waals surface area contributed by atoms with Crippen LogP contribution in [0.15, 0.2) is 18.2 Å². The molecule has 1 aliphatic rings. The van der Waals surface area contributed by atoms with Crippen molar-refractivity contribution in [3.63, 3.8) is 0 Å². The summed E-state index contributed by atoms with van der Waals surface area (Å²) in [5.41, 5.74) is -0.0607. The molecule has 0 amide bonds. The number of halogens is 2. The lowest BCUT2D eigenvalue weighted by Crippen LogP contribution is -2.32. The predicted molar refractivity (Wildman–Crippen MR) is 62.5 cm³/mol. The highest BCUT2D eigenvalue weighted by Crippen LogP contribution is 2.55. The van der Waals surface area contributed by atoms with Crippen molar-refractivity contribution in [3.8, 4) is 0 Å². The minimum Gasteiger partial charge on any atom is -0.481 e. The summed E-state index contributed by atoms with van der Waals surface area (Å²) in [6, 6.07) is 3.99. The zero-order chi connectivity index (χ0) is 12.6. The molecule has 1 aliphatic carbocycles. The van der Waals surface area contributed by atoms with Gasteiger partial charge in [0, 0.05) is 6.04 Å². The van der Waals surface area contributed by atoms with Gasteiger partial charge < -0.3 is 10.4 Å². The van der Waals surface area contributed by atoms with Crippen molar-refractivity contribution in [2.45, 2.75) is 18.9 Å². The highest BCUT2D eigenvalue weighted by Gasteiger charge is 2.56. The third-order valence-electron chi connectivity index (χ3n) is 3.33. The van der Waals surface area contributed by atoms with Crippen LogP contribution in [0.5, 0.6) is 0 Å². The number of benzene rings is 1. The fourth-order valence-corrected chi connectivity index (χ4v) is 2.40. The van der Waals surface area contributed by atoms with Crippen molar-refractivity contribution in [2.75, 3.05) is 7.05 Å². The molecule has 2 rings (SSSR count). The van der Waals surface area contributed by atoms with Crippen LogP contribution in [0, 0.1) is 11.2 Å². The molecule has 3 nitrogen and oxygen atoms in total. The van der Waals surface area contributed by atoms with E-state index >= 15 is 0 Å². The van der Waals surface area contributed by atoms with Gasteiger partial charge in [0.15, 0.2) is 0 Å². The lowest BCUT2D eigenvalue weighted by molar-refractivity contribution is -0.144. The third kappa shape index (κ3) is 2.03. The van der Waals surface area contributed by atoms with E-state index in [0.29, 0.717) is 18.4 Å². The number of carbonyl (C=O) groups is 1. The van der Waals surface area contributed by atoms with Crippen LogP contribution >= 0.6 is 11.6 Å². The molecular formula is C12H13ClFNO2. The largest absolute Gasteiger partial charge is 0.481 e. The summed E-state index contributed by atoms with van der Waals surface area (Å²) in [6.45, 7) is 0. The summed E-state index contributed by atoms with van der Waals surface area (Å²) in [5, 5.41) is 12.2. The van der Waals surface area contributed by atoms with Gasteiger partial charge in [0.05, 0.1) is 10.4 Å². The van der Waals surface area contributed by atoms with E-state index in [-0.39, 0.29) is 11.1 Å². The zero-order valence-electron chi connectivity index (χ0n) is 9.34. The fraction of sp³-hybridized carbons (Fsp3) is 0.417. The molecular weight excluding hydrogens is 245 g/mol. The Bertz CT molecular complexity index is 460. The lowest BCUT2D eigenvalue weighted by Gasteiger charge is -2.23. The van der Waals surface area contributed by atoms with Crippen molar-refractivity contribution in [2.24, 2.45) is 5.41 Å². The van der Waals surface area contributed by atoms with Crippen LogP contribution in [0.3, 0.4) is 0 Å². The molecule has 1 aromatic rings. The number of aliphatic carboxylic acids is 1. The summed E-state index contributed by atoms with van der Waals surface area (Å²) in [5.74, 6) is -1.32. The van der Waals surface area contributed by atoms with Crippen LogP contribution in [0.2, 0.25) is 5.02 Å². The van der Waals surface area contributed by atoms with E-state index in [2.05, 4.69) is 5.32 Å². The molecule has 2 N–H and O–H groups in total. The van der Waals surface area contributed by atoms with Gasteiger partial charge in [-0.15, -0.1) is 0 Å². The number of carboxylic acids is 1. The molecule has 1 fully saturated rings. The first-order chi connectivity index (χ1) is 8.01. The predicted octanol–water partition coefficient (Wildman–Crippen LogP) is 2.60. The first-order valence-electron chi connectivity index (χ1n) is 5.37. The van der Waals surface area contributed by atoms with E-state index < -0.39 is 17.2 Å². The molecule has 1 saturated carbocycles. The van der Waals surface area contributed by atoms with Crippen LogP contribution < -0.4 is 5.32 Å². The second-order valence-corrected chi connectivity index (χ2v) is 4.76. The zero-order valence-corrected chi connectivity index (χ0v) is 10.1. The van der Waals surface area contributed by atoms with Crippen LogP contribution in [0.25, 0.3) is 0 Å². The van der Waals surface area contributed by atoms with Crippen LogP contribution in [-0.4, -0.2) is 18.1 Å². The Morgan fingerprint density at radius 3 is 2.65 bits per heavy atom. The molecule has 0 bridgehead atoms. The Balaban J connectivity index is 2.36. The van der Waals surface area contributed by atoms with E-state index in [4.69, 9.17) is 11.6 Å². The summed E-state index contributed by atoms with van der Waals surface area (Å²) < 4.78 is 13.1. The maximum absolute atomic E-state index is 13.1. The molecule has 0 aromatic heterocycles. The smallest absolute Gasteiger partial charge is 0.311 e. The second-order valence-electron chi connectivity index (χ2n) is 4.36. The minimum atomic E-state index is -0.822. The molecule has 1 unspecified atom stereocenters. The van der Waals surface area contributed by atoms with E-state index in [1.165, 1.54) is 12.1 Å². The van der Waals surface area contributed by atoms with E-state index in [9.17, 15) is 14.3 Å². The number of carboxylic acid groups (broad SMARTS) is 1. The number of rotatable bonds is 4. The van der Waals surface area contributed by atoms with Crippen molar-refractivity contribution in [1.82, 2.24) is 5.32 Å². The van der Waals surface area contributed by atoms with Crippen molar-refractivity contribution in [3.05, 3.63) is 34.6 Å². The molecule has 17 heavy (non-hydrogen) atoms. The van der Waals surface area contributed by atoms with Gasteiger partial charge in [-0.05, 0) is 37.6 Å². The highest BCUT2D eigenvalue weighted by atomic mass is 35.5. The Morgan fingerprint density at radius 2 is 2.24 bits per heavy atom. The summed E-state index contributed by atoms with van der Waals surface area (Å²) in [4.78, 5) is 11.3. The molecule has 0 saturated heterocycles. The Labute approximate surface area is 104 Å². The topological polar surface area (TPSA) is 49.3 Å². The van der Waals surface area contributed by atoms with Gasteiger partial charge in [-0.3, -0.25) is 4.79 Å². The van der Waals surface area contributed by atoms with Gasteiger partial charge in [-0.2, -0.15) is 0 Å². The molecule has 0 radical (unpaired) electrons. The van der Waals surface area contributed by atoms with E-state index in [1.54, 1.807) is 13.1 Å².